The van der Waals surface area contributed by atoms with E-state index in [-0.39, 0.29) is 17.0 Å². The van der Waals surface area contributed by atoms with E-state index < -0.39 is 0 Å². The Hall–Kier alpha value is 0.400. The molecule has 1 N–H and O–H groups in total. The maximum atomic E-state index is 2.43. The Labute approximate surface area is 272 Å². The van der Waals surface area contributed by atoms with Gasteiger partial charge in [0.15, 0.2) is 0 Å². The van der Waals surface area contributed by atoms with Crippen LogP contribution in [0.15, 0.2) is 0 Å². The predicted molar refractivity (Wildman–Crippen MR) is 183 cm³/mol. The van der Waals surface area contributed by atoms with E-state index in [0.29, 0.717) is 0 Å². The standard InChI is InChI=1S/C38H80N2.BrH/c1-5-7-9-11-13-15-17-19-21-23-25-27-29-31-33-35-37-40(39(3)4)38-36-34-32-30-28-26-24-22-20-18-16-14-12-10-8-6-2;/h5-38H2,1-4H3;1H. The molecular weight excluding hydrogens is 564 g/mol. The average Bonchev–Trinajstić information content (AvgIpc) is 2.95. The Bertz CT molecular complexity index is 406. The number of quaternary nitrogens is 1. The molecule has 0 saturated carbocycles. The first-order valence-corrected chi connectivity index (χ1v) is 19.2. The van der Waals surface area contributed by atoms with E-state index in [2.05, 4.69) is 33.0 Å². The van der Waals surface area contributed by atoms with Gasteiger partial charge in [-0.15, -0.1) is 0 Å². The molecule has 0 aromatic rings. The highest BCUT2D eigenvalue weighted by Crippen LogP contribution is 2.15. The molecule has 0 aromatic carbocycles. The summed E-state index contributed by atoms with van der Waals surface area (Å²) in [6.07, 6.45) is 46.7. The Morgan fingerprint density at radius 1 is 0.293 bits per heavy atom. The summed E-state index contributed by atoms with van der Waals surface area (Å²) in [7, 11) is 4.54. The van der Waals surface area contributed by atoms with E-state index in [1.807, 2.05) is 0 Å². The van der Waals surface area contributed by atoms with Crippen molar-refractivity contribution in [2.45, 2.75) is 219 Å². The van der Waals surface area contributed by atoms with Gasteiger partial charge in [-0.2, -0.15) is 5.01 Å². The number of hydrogen-bond donors (Lipinski definition) is 1. The first-order chi connectivity index (χ1) is 19.7. The van der Waals surface area contributed by atoms with E-state index >= 15 is 0 Å². The lowest BCUT2D eigenvalue weighted by Gasteiger charge is -2.25. The molecule has 0 amide bonds. The largest absolute Gasteiger partial charge is 1.00 e. The van der Waals surface area contributed by atoms with Gasteiger partial charge in [0.1, 0.15) is 0 Å². The van der Waals surface area contributed by atoms with Gasteiger partial charge in [-0.25, -0.2) is 0 Å². The van der Waals surface area contributed by atoms with Gasteiger partial charge < -0.3 is 17.0 Å². The van der Waals surface area contributed by atoms with Crippen LogP contribution in [0.4, 0.5) is 0 Å². The smallest absolute Gasteiger partial charge is 0.0947 e. The molecule has 0 saturated heterocycles. The molecule has 0 radical (unpaired) electrons. The third kappa shape index (κ3) is 36.5. The second-order valence-corrected chi connectivity index (χ2v) is 13.6. The van der Waals surface area contributed by atoms with Crippen LogP contribution in [0.3, 0.4) is 0 Å². The van der Waals surface area contributed by atoms with E-state index in [4.69, 9.17) is 0 Å². The quantitative estimate of drug-likeness (QED) is 0.0535. The Morgan fingerprint density at radius 3 is 0.634 bits per heavy atom. The minimum atomic E-state index is 0. The fraction of sp³-hybridized carbons (Fsp3) is 1.00. The molecule has 0 aromatic heterocycles. The lowest BCUT2D eigenvalue weighted by Crippen LogP contribution is -3.17. The molecule has 0 unspecified atom stereocenters. The normalized spacial score (nSPS) is 11.6. The van der Waals surface area contributed by atoms with Crippen molar-refractivity contribution in [2.24, 2.45) is 0 Å². The Morgan fingerprint density at radius 2 is 0.463 bits per heavy atom. The molecule has 0 bridgehead atoms. The molecule has 0 rings (SSSR count). The summed E-state index contributed by atoms with van der Waals surface area (Å²) in [5.41, 5.74) is 0. The number of rotatable bonds is 35. The Kier molecular flexibility index (Phi) is 40.8. The van der Waals surface area contributed by atoms with E-state index in [1.54, 1.807) is 5.01 Å². The molecule has 41 heavy (non-hydrogen) atoms. The Balaban J connectivity index is 0. The molecule has 2 nitrogen and oxygen atoms in total. The van der Waals surface area contributed by atoms with Gasteiger partial charge in [-0.05, 0) is 25.7 Å². The summed E-state index contributed by atoms with van der Waals surface area (Å²) >= 11 is 0. The van der Waals surface area contributed by atoms with Gasteiger partial charge >= 0.3 is 0 Å². The van der Waals surface area contributed by atoms with Crippen molar-refractivity contribution in [1.82, 2.24) is 5.01 Å². The van der Waals surface area contributed by atoms with Crippen LogP contribution in [0.5, 0.6) is 0 Å². The number of nitrogens with zero attached hydrogens (tertiary/aromatic N) is 1. The monoisotopic (exact) mass is 645 g/mol. The predicted octanol–water partition coefficient (Wildman–Crippen LogP) is 8.87. The third-order valence-corrected chi connectivity index (χ3v) is 9.27. The maximum absolute atomic E-state index is 2.43. The van der Waals surface area contributed by atoms with Crippen LogP contribution in [0.1, 0.15) is 219 Å². The zero-order valence-corrected chi connectivity index (χ0v) is 31.0. The van der Waals surface area contributed by atoms with Crippen LogP contribution < -0.4 is 22.0 Å². The second kappa shape index (κ2) is 38.4. The molecule has 250 valence electrons. The van der Waals surface area contributed by atoms with Crippen LogP contribution in [-0.2, 0) is 0 Å². The van der Waals surface area contributed by atoms with Gasteiger partial charge in [0.25, 0.3) is 0 Å². The zero-order valence-electron chi connectivity index (χ0n) is 29.4. The van der Waals surface area contributed by atoms with Crippen LogP contribution in [-0.4, -0.2) is 32.2 Å². The van der Waals surface area contributed by atoms with Crippen molar-refractivity contribution >= 4 is 0 Å². The first kappa shape index (κ1) is 43.5. The van der Waals surface area contributed by atoms with Gasteiger partial charge in [-0.3, -0.25) is 5.01 Å². The number of halogens is 1. The van der Waals surface area contributed by atoms with Crippen LogP contribution in [0, 0.1) is 0 Å². The number of unbranched alkanes of at least 4 members (excludes halogenated alkanes) is 30. The molecule has 0 fully saturated rings. The van der Waals surface area contributed by atoms with E-state index in [0.717, 1.165) is 0 Å². The van der Waals surface area contributed by atoms with Crippen molar-refractivity contribution in [1.29, 1.82) is 0 Å². The highest BCUT2D eigenvalue weighted by molar-refractivity contribution is 4.51. The fourth-order valence-electron chi connectivity index (χ4n) is 6.33. The molecule has 0 atom stereocenters. The third-order valence-electron chi connectivity index (χ3n) is 9.27. The van der Waals surface area contributed by atoms with Crippen molar-refractivity contribution in [2.75, 3.05) is 27.2 Å². The molecule has 0 aliphatic heterocycles. The highest BCUT2D eigenvalue weighted by Gasteiger charge is 2.10. The minimum Gasteiger partial charge on any atom is -1.00 e. The minimum absolute atomic E-state index is 0. The maximum Gasteiger partial charge on any atom is 0.0947 e. The molecule has 0 aliphatic rings. The van der Waals surface area contributed by atoms with Crippen molar-refractivity contribution in [3.8, 4) is 0 Å². The van der Waals surface area contributed by atoms with Crippen LogP contribution >= 0.6 is 0 Å². The summed E-state index contributed by atoms with van der Waals surface area (Å²) in [5.74, 6) is 0. The summed E-state index contributed by atoms with van der Waals surface area (Å²) < 4.78 is 0. The first-order valence-electron chi connectivity index (χ1n) is 19.2. The van der Waals surface area contributed by atoms with E-state index in [1.165, 1.54) is 219 Å². The second-order valence-electron chi connectivity index (χ2n) is 13.6. The van der Waals surface area contributed by atoms with Crippen LogP contribution in [0.2, 0.25) is 0 Å². The van der Waals surface area contributed by atoms with Gasteiger partial charge in [-0.1, -0.05) is 194 Å². The molecule has 3 heteroatoms. The van der Waals surface area contributed by atoms with Crippen LogP contribution in [0.25, 0.3) is 0 Å². The van der Waals surface area contributed by atoms with Gasteiger partial charge in [0.2, 0.25) is 0 Å². The number of hydrogen-bond acceptors (Lipinski definition) is 1. The highest BCUT2D eigenvalue weighted by atomic mass is 79.9. The fourth-order valence-corrected chi connectivity index (χ4v) is 6.33. The zero-order chi connectivity index (χ0) is 29.2. The van der Waals surface area contributed by atoms with Crippen molar-refractivity contribution in [3.05, 3.63) is 0 Å². The van der Waals surface area contributed by atoms with Crippen molar-refractivity contribution in [3.63, 3.8) is 0 Å². The summed E-state index contributed by atoms with van der Waals surface area (Å²) in [5, 5.41) is 4.13. The topological polar surface area (TPSA) is 7.68 Å². The van der Waals surface area contributed by atoms with E-state index in [9.17, 15) is 0 Å². The van der Waals surface area contributed by atoms with Crippen molar-refractivity contribution < 1.29 is 22.0 Å². The SMILES string of the molecule is CCCCCCCCCCCCCCCCCC[NH+](CCCCCCCCCCCCCCCCCC)N(C)C.[Br-]. The lowest BCUT2D eigenvalue weighted by atomic mass is 10.0. The number of nitrogens with one attached hydrogen (secondary N) is 1. The van der Waals surface area contributed by atoms with Gasteiger partial charge in [0.05, 0.1) is 13.1 Å². The average molecular weight is 646 g/mol. The summed E-state index contributed by atoms with van der Waals surface area (Å²) in [4.78, 5) is 0. The molecular formula is C38H81BrN2. The molecule has 0 heterocycles. The summed E-state index contributed by atoms with van der Waals surface area (Å²) in [6.45, 7) is 7.29. The molecule has 0 spiro atoms. The lowest BCUT2D eigenvalue weighted by molar-refractivity contribution is -1.01. The molecule has 0 aliphatic carbocycles. The summed E-state index contributed by atoms with van der Waals surface area (Å²) in [6, 6.07) is 0. The van der Waals surface area contributed by atoms with Gasteiger partial charge in [0, 0.05) is 14.1 Å².